The van der Waals surface area contributed by atoms with Gasteiger partial charge in [0.15, 0.2) is 0 Å². The van der Waals surface area contributed by atoms with E-state index in [4.69, 9.17) is 9.47 Å². The van der Waals surface area contributed by atoms with Crippen LogP contribution in [0.1, 0.15) is 20.8 Å². The van der Waals surface area contributed by atoms with E-state index in [1.807, 2.05) is 24.3 Å². The van der Waals surface area contributed by atoms with E-state index in [-0.39, 0.29) is 9.65 Å². The van der Waals surface area contributed by atoms with Gasteiger partial charge in [-0.2, -0.15) is 0 Å². The third-order valence-corrected chi connectivity index (χ3v) is 7.57. The summed E-state index contributed by atoms with van der Waals surface area (Å²) in [5.74, 6) is 1.75. The van der Waals surface area contributed by atoms with E-state index in [9.17, 15) is 0 Å². The summed E-state index contributed by atoms with van der Waals surface area (Å²) in [6.45, 7) is 0. The van der Waals surface area contributed by atoms with Crippen LogP contribution in [0.4, 0.5) is 0 Å². The Kier molecular flexibility index (Phi) is 4.80. The van der Waals surface area contributed by atoms with Crippen LogP contribution in [0.25, 0.3) is 22.3 Å². The van der Waals surface area contributed by atoms with E-state index < -0.39 is 0 Å². The minimum atomic E-state index is 0.0251. The normalized spacial score (nSPS) is 18.0. The molecular weight excluding hydrogens is 456 g/mol. The van der Waals surface area contributed by atoms with Crippen LogP contribution >= 0.6 is 31.9 Å². The highest BCUT2D eigenvalue weighted by molar-refractivity contribution is 9.12. The highest BCUT2D eigenvalue weighted by atomic mass is 79.9. The molecule has 0 fully saturated rings. The zero-order chi connectivity index (χ0) is 18.3. The SMILES string of the molecule is COc1cccc2c1C(Br)C(Br)c1c(OC)cccc1-c1ccccc1-2. The molecule has 0 aliphatic heterocycles. The second kappa shape index (κ2) is 7.09. The number of hydrogen-bond acceptors (Lipinski definition) is 2. The molecule has 2 nitrogen and oxygen atoms in total. The zero-order valence-corrected chi connectivity index (χ0v) is 17.7. The third-order valence-electron chi connectivity index (χ3n) is 4.89. The second-order valence-electron chi connectivity index (χ2n) is 6.19. The van der Waals surface area contributed by atoms with E-state index >= 15 is 0 Å². The van der Waals surface area contributed by atoms with Gasteiger partial charge in [0.25, 0.3) is 0 Å². The monoisotopic (exact) mass is 472 g/mol. The summed E-state index contributed by atoms with van der Waals surface area (Å²) in [6.07, 6.45) is 0. The van der Waals surface area contributed by atoms with Gasteiger partial charge in [0.2, 0.25) is 0 Å². The lowest BCUT2D eigenvalue weighted by molar-refractivity contribution is 0.405. The van der Waals surface area contributed by atoms with Gasteiger partial charge >= 0.3 is 0 Å². The molecule has 0 aromatic heterocycles. The molecule has 0 radical (unpaired) electrons. The van der Waals surface area contributed by atoms with Gasteiger partial charge in [-0.3, -0.25) is 0 Å². The second-order valence-corrected chi connectivity index (χ2v) is 8.17. The van der Waals surface area contributed by atoms with Crippen molar-refractivity contribution in [2.75, 3.05) is 14.2 Å². The quantitative estimate of drug-likeness (QED) is 0.376. The first-order valence-corrected chi connectivity index (χ1v) is 10.2. The van der Waals surface area contributed by atoms with E-state index in [1.165, 1.54) is 22.3 Å². The number of ether oxygens (including phenoxy) is 2. The Bertz CT molecular complexity index is 890. The van der Waals surface area contributed by atoms with Crippen molar-refractivity contribution in [3.8, 4) is 33.8 Å². The first-order chi connectivity index (χ1) is 12.7. The minimum absolute atomic E-state index is 0.0251. The third kappa shape index (κ3) is 2.67. The largest absolute Gasteiger partial charge is 0.496 e. The van der Waals surface area contributed by atoms with Crippen LogP contribution in [-0.4, -0.2) is 14.2 Å². The molecular formula is C22H18Br2O2. The minimum Gasteiger partial charge on any atom is -0.496 e. The van der Waals surface area contributed by atoms with E-state index in [1.54, 1.807) is 14.2 Å². The number of fused-ring (bicyclic) bond motifs is 5. The van der Waals surface area contributed by atoms with Crippen LogP contribution in [0.2, 0.25) is 0 Å². The molecule has 0 spiro atoms. The van der Waals surface area contributed by atoms with Gasteiger partial charge in [0, 0.05) is 11.1 Å². The Morgan fingerprint density at radius 1 is 0.577 bits per heavy atom. The number of benzene rings is 3. The molecule has 4 rings (SSSR count). The zero-order valence-electron chi connectivity index (χ0n) is 14.5. The van der Waals surface area contributed by atoms with Crippen molar-refractivity contribution in [2.24, 2.45) is 0 Å². The summed E-state index contributed by atoms with van der Waals surface area (Å²) in [6, 6.07) is 21.0. The van der Waals surface area contributed by atoms with Crippen molar-refractivity contribution >= 4 is 31.9 Å². The molecule has 132 valence electrons. The van der Waals surface area contributed by atoms with Gasteiger partial charge in [0.1, 0.15) is 11.5 Å². The highest BCUT2D eigenvalue weighted by Gasteiger charge is 2.33. The summed E-state index contributed by atoms with van der Waals surface area (Å²) >= 11 is 7.86. The molecule has 1 aliphatic rings. The molecule has 0 heterocycles. The van der Waals surface area contributed by atoms with E-state index in [0.29, 0.717) is 0 Å². The van der Waals surface area contributed by atoms with Crippen LogP contribution in [0, 0.1) is 0 Å². The Balaban J connectivity index is 2.14. The molecule has 0 amide bonds. The van der Waals surface area contributed by atoms with E-state index in [0.717, 1.165) is 22.6 Å². The number of halogens is 2. The number of rotatable bonds is 2. The van der Waals surface area contributed by atoms with Crippen molar-refractivity contribution in [1.29, 1.82) is 0 Å². The summed E-state index contributed by atoms with van der Waals surface area (Å²) in [5, 5.41) is 0. The lowest BCUT2D eigenvalue weighted by atomic mass is 9.83. The van der Waals surface area contributed by atoms with Gasteiger partial charge in [-0.25, -0.2) is 0 Å². The van der Waals surface area contributed by atoms with Crippen molar-refractivity contribution < 1.29 is 9.47 Å². The topological polar surface area (TPSA) is 18.5 Å². The molecule has 26 heavy (non-hydrogen) atoms. The first kappa shape index (κ1) is 17.6. The Labute approximate surface area is 170 Å². The maximum absolute atomic E-state index is 5.71. The smallest absolute Gasteiger partial charge is 0.123 e. The predicted octanol–water partition coefficient (Wildman–Crippen LogP) is 6.92. The van der Waals surface area contributed by atoms with Gasteiger partial charge in [0.05, 0.1) is 23.9 Å². The maximum Gasteiger partial charge on any atom is 0.123 e. The average Bonchev–Trinajstić information content (AvgIpc) is 2.70. The van der Waals surface area contributed by atoms with Crippen molar-refractivity contribution in [3.63, 3.8) is 0 Å². The predicted molar refractivity (Wildman–Crippen MR) is 114 cm³/mol. The first-order valence-electron chi connectivity index (χ1n) is 8.39. The maximum atomic E-state index is 5.71. The lowest BCUT2D eigenvalue weighted by Gasteiger charge is -2.29. The lowest BCUT2D eigenvalue weighted by Crippen LogP contribution is -2.09. The van der Waals surface area contributed by atoms with Crippen LogP contribution in [0.3, 0.4) is 0 Å². The molecule has 2 atom stereocenters. The Morgan fingerprint density at radius 2 is 0.962 bits per heavy atom. The average molecular weight is 474 g/mol. The number of alkyl halides is 2. The molecule has 0 N–H and O–H groups in total. The fraction of sp³-hybridized carbons (Fsp3) is 0.182. The fourth-order valence-electron chi connectivity index (χ4n) is 3.73. The summed E-state index contributed by atoms with van der Waals surface area (Å²) in [7, 11) is 3.44. The van der Waals surface area contributed by atoms with Crippen LogP contribution in [0.15, 0.2) is 60.7 Å². The molecule has 0 saturated carbocycles. The van der Waals surface area contributed by atoms with Crippen LogP contribution < -0.4 is 9.47 Å². The summed E-state index contributed by atoms with van der Waals surface area (Å²) in [5.41, 5.74) is 7.03. The Hall–Kier alpha value is -1.78. The van der Waals surface area contributed by atoms with Crippen LogP contribution in [-0.2, 0) is 0 Å². The van der Waals surface area contributed by atoms with Crippen molar-refractivity contribution in [1.82, 2.24) is 0 Å². The number of hydrogen-bond donors (Lipinski definition) is 0. The van der Waals surface area contributed by atoms with Crippen LogP contribution in [0.5, 0.6) is 11.5 Å². The fourth-order valence-corrected chi connectivity index (χ4v) is 5.20. The molecule has 2 unspecified atom stereocenters. The van der Waals surface area contributed by atoms with Crippen molar-refractivity contribution in [3.05, 3.63) is 71.8 Å². The van der Waals surface area contributed by atoms with Crippen molar-refractivity contribution in [2.45, 2.75) is 9.65 Å². The number of methoxy groups -OCH3 is 2. The highest BCUT2D eigenvalue weighted by Crippen LogP contribution is 2.55. The molecule has 0 saturated heterocycles. The van der Waals surface area contributed by atoms with E-state index in [2.05, 4.69) is 68.3 Å². The molecule has 4 heteroatoms. The standard InChI is InChI=1S/C22H18Br2O2/c1-25-17-11-5-9-15-13-7-3-4-8-14(13)16-10-6-12-18(26-2)20(16)22(24)21(23)19(15)17/h3-12,21-22H,1-2H3. The van der Waals surface area contributed by atoms with Gasteiger partial charge in [-0.1, -0.05) is 80.4 Å². The molecule has 0 bridgehead atoms. The molecule has 3 aromatic rings. The van der Waals surface area contributed by atoms with Gasteiger partial charge < -0.3 is 9.47 Å². The van der Waals surface area contributed by atoms with Gasteiger partial charge in [-0.15, -0.1) is 0 Å². The molecule has 1 aliphatic carbocycles. The summed E-state index contributed by atoms with van der Waals surface area (Å²) < 4.78 is 11.4. The summed E-state index contributed by atoms with van der Waals surface area (Å²) in [4.78, 5) is 0.0501. The Morgan fingerprint density at radius 3 is 1.35 bits per heavy atom. The molecule has 3 aromatic carbocycles. The van der Waals surface area contributed by atoms with Gasteiger partial charge in [-0.05, 0) is 34.4 Å².